The Morgan fingerprint density at radius 1 is 0.961 bits per heavy atom. The van der Waals surface area contributed by atoms with Crippen molar-refractivity contribution in [2.75, 3.05) is 19.6 Å². The number of carbonyl (C=O) groups excluding carboxylic acids is 4. The van der Waals surface area contributed by atoms with Crippen LogP contribution in [0, 0.1) is 17.0 Å². The summed E-state index contributed by atoms with van der Waals surface area (Å²) in [7, 11) is 0. The molecule has 274 valence electrons. The van der Waals surface area contributed by atoms with Crippen LogP contribution >= 0.6 is 0 Å². The van der Waals surface area contributed by atoms with E-state index in [0.717, 1.165) is 40.8 Å². The molecule has 0 spiro atoms. The van der Waals surface area contributed by atoms with Gasteiger partial charge in [-0.2, -0.15) is 13.2 Å². The molecular formula is C36H40F5N5O5. The van der Waals surface area contributed by atoms with Crippen molar-refractivity contribution in [1.82, 2.24) is 19.4 Å². The molecule has 0 saturated heterocycles. The molecule has 1 aromatic heterocycles. The van der Waals surface area contributed by atoms with Crippen LogP contribution in [0.15, 0.2) is 66.9 Å². The lowest BCUT2D eigenvalue weighted by molar-refractivity contribution is -0.207. The number of ether oxygens (including phenoxy) is 1. The number of halogens is 5. The van der Waals surface area contributed by atoms with Crippen LogP contribution in [0.4, 0.5) is 22.0 Å². The molecule has 0 saturated carbocycles. The van der Waals surface area contributed by atoms with Crippen LogP contribution in [0.3, 0.4) is 0 Å². The molecule has 0 fully saturated rings. The molecule has 0 bridgehead atoms. The van der Waals surface area contributed by atoms with Crippen molar-refractivity contribution in [3.05, 3.63) is 89.9 Å². The zero-order chi connectivity index (χ0) is 37.5. The fourth-order valence-corrected chi connectivity index (χ4v) is 5.87. The Labute approximate surface area is 292 Å². The minimum Gasteiger partial charge on any atom is -0.446 e. The average molecular weight is 718 g/mol. The van der Waals surface area contributed by atoms with Gasteiger partial charge in [0.1, 0.15) is 17.5 Å². The summed E-state index contributed by atoms with van der Waals surface area (Å²) in [6, 6.07) is 11.0. The van der Waals surface area contributed by atoms with E-state index in [2.05, 4.69) is 0 Å². The highest BCUT2D eigenvalue weighted by Crippen LogP contribution is 2.40. The first-order valence-electron chi connectivity index (χ1n) is 16.4. The zero-order valence-corrected chi connectivity index (χ0v) is 28.5. The maximum absolute atomic E-state index is 15.0. The van der Waals surface area contributed by atoms with Gasteiger partial charge in [0.2, 0.25) is 0 Å². The lowest BCUT2D eigenvalue weighted by Crippen LogP contribution is -2.49. The normalized spacial score (nSPS) is 14.6. The first kappa shape index (κ1) is 38.9. The summed E-state index contributed by atoms with van der Waals surface area (Å²) in [5.41, 5.74) is 5.66. The SMILES string of the molecule is CC(C)(C)[C@H](c1nc(-c2cc(F)ccc2F)cn1Cc1ccccc1)N(CCCN)C(=O)C(CCCCN1C(=O)C=CC1=O)OC(=O)C(F)(F)F. The van der Waals surface area contributed by atoms with E-state index in [1.807, 2.05) is 30.3 Å². The Hall–Kier alpha value is -4.92. The number of benzene rings is 2. The third-order valence-corrected chi connectivity index (χ3v) is 8.23. The van der Waals surface area contributed by atoms with Gasteiger partial charge in [-0.05, 0) is 61.4 Å². The lowest BCUT2D eigenvalue weighted by atomic mass is 9.84. The summed E-state index contributed by atoms with van der Waals surface area (Å²) >= 11 is 0. The molecule has 3 amide bonds. The van der Waals surface area contributed by atoms with Crippen LogP contribution < -0.4 is 5.73 Å². The second-order valence-corrected chi connectivity index (χ2v) is 13.2. The second-order valence-electron chi connectivity index (χ2n) is 13.2. The first-order chi connectivity index (χ1) is 24.0. The summed E-state index contributed by atoms with van der Waals surface area (Å²) in [5, 5.41) is 0. The fraction of sp³-hybridized carbons (Fsp3) is 0.417. The Kier molecular flexibility index (Phi) is 12.5. The van der Waals surface area contributed by atoms with Crippen molar-refractivity contribution in [3.63, 3.8) is 0 Å². The topological polar surface area (TPSA) is 128 Å². The van der Waals surface area contributed by atoms with E-state index in [9.17, 15) is 36.7 Å². The largest absolute Gasteiger partial charge is 0.490 e. The van der Waals surface area contributed by atoms with Crippen LogP contribution in [0.5, 0.6) is 0 Å². The van der Waals surface area contributed by atoms with Gasteiger partial charge in [0, 0.05) is 43.5 Å². The smallest absolute Gasteiger partial charge is 0.446 e. The summed E-state index contributed by atoms with van der Waals surface area (Å²) < 4.78 is 76.3. The second kappa shape index (κ2) is 16.4. The van der Waals surface area contributed by atoms with Gasteiger partial charge < -0.3 is 19.9 Å². The van der Waals surface area contributed by atoms with Crippen molar-refractivity contribution in [3.8, 4) is 11.3 Å². The summed E-state index contributed by atoms with van der Waals surface area (Å²) in [6.45, 7) is 5.47. The molecule has 2 N–H and O–H groups in total. The maximum Gasteiger partial charge on any atom is 0.490 e. The average Bonchev–Trinajstić information content (AvgIpc) is 3.61. The Morgan fingerprint density at radius 3 is 2.24 bits per heavy atom. The quantitative estimate of drug-likeness (QED) is 0.0924. The van der Waals surface area contributed by atoms with E-state index >= 15 is 4.39 Å². The van der Waals surface area contributed by atoms with Gasteiger partial charge in [0.15, 0.2) is 6.10 Å². The van der Waals surface area contributed by atoms with Gasteiger partial charge in [0.05, 0.1) is 11.7 Å². The van der Waals surface area contributed by atoms with Crippen molar-refractivity contribution in [1.29, 1.82) is 0 Å². The number of esters is 1. The predicted octanol–water partition coefficient (Wildman–Crippen LogP) is 5.71. The number of nitrogens with two attached hydrogens (primary N) is 1. The molecule has 2 heterocycles. The monoisotopic (exact) mass is 717 g/mol. The zero-order valence-electron chi connectivity index (χ0n) is 28.5. The van der Waals surface area contributed by atoms with Gasteiger partial charge in [-0.1, -0.05) is 51.1 Å². The standard InChI is InChI=1S/C36H40F5N5O5/c1-35(2,3)31(32-43-27(25-20-24(37)13-14-26(25)38)22-44(32)21-23-10-5-4-6-11-23)46(19-9-17-42)33(49)28(51-34(50)36(39,40)41)12-7-8-18-45-29(47)15-16-30(45)48/h4-6,10-11,13-16,20,22,28,31H,7-9,12,17-19,21,42H2,1-3H3/t28?,31-/m0/s1. The van der Waals surface area contributed by atoms with Gasteiger partial charge in [-0.15, -0.1) is 0 Å². The molecule has 2 aromatic carbocycles. The van der Waals surface area contributed by atoms with Gasteiger partial charge >= 0.3 is 12.1 Å². The van der Waals surface area contributed by atoms with E-state index in [1.54, 1.807) is 25.3 Å². The predicted molar refractivity (Wildman–Crippen MR) is 176 cm³/mol. The molecule has 0 aliphatic carbocycles. The Bertz CT molecular complexity index is 1730. The number of alkyl halides is 3. The molecule has 0 radical (unpaired) electrons. The molecule has 51 heavy (non-hydrogen) atoms. The molecule has 2 atom stereocenters. The number of hydrogen-bond acceptors (Lipinski definition) is 7. The number of carbonyl (C=O) groups is 4. The van der Waals surface area contributed by atoms with Gasteiger partial charge in [-0.3, -0.25) is 19.3 Å². The van der Waals surface area contributed by atoms with E-state index in [0.29, 0.717) is 0 Å². The van der Waals surface area contributed by atoms with Gasteiger partial charge in [0.25, 0.3) is 17.7 Å². The lowest BCUT2D eigenvalue weighted by Gasteiger charge is -2.41. The molecule has 1 aliphatic rings. The summed E-state index contributed by atoms with van der Waals surface area (Å²) in [6.07, 6.45) is -3.65. The number of rotatable bonds is 15. The van der Waals surface area contributed by atoms with Crippen LogP contribution in [0.25, 0.3) is 11.3 Å². The number of imidazole rings is 1. The Balaban J connectivity index is 1.77. The molecule has 1 aliphatic heterocycles. The Morgan fingerprint density at radius 2 is 1.63 bits per heavy atom. The number of aromatic nitrogens is 2. The highest BCUT2D eigenvalue weighted by Gasteiger charge is 2.46. The van der Waals surface area contributed by atoms with Crippen LogP contribution in [0.1, 0.15) is 63.9 Å². The first-order valence-corrected chi connectivity index (χ1v) is 16.4. The fourth-order valence-electron chi connectivity index (χ4n) is 5.87. The van der Waals surface area contributed by atoms with Crippen molar-refractivity contribution in [2.45, 2.75) is 71.3 Å². The molecule has 10 nitrogen and oxygen atoms in total. The molecule has 3 aromatic rings. The third kappa shape index (κ3) is 9.87. The number of amides is 3. The number of unbranched alkanes of at least 4 members (excludes halogenated alkanes) is 1. The number of hydrogen-bond donors (Lipinski definition) is 1. The van der Waals surface area contributed by atoms with Crippen molar-refractivity contribution >= 4 is 23.7 Å². The molecule has 1 unspecified atom stereocenters. The molecular weight excluding hydrogens is 677 g/mol. The summed E-state index contributed by atoms with van der Waals surface area (Å²) in [4.78, 5) is 57.4. The van der Waals surface area contributed by atoms with Crippen LogP contribution in [0.2, 0.25) is 0 Å². The van der Waals surface area contributed by atoms with E-state index in [4.69, 9.17) is 15.5 Å². The van der Waals surface area contributed by atoms with E-state index in [-0.39, 0.29) is 68.9 Å². The van der Waals surface area contributed by atoms with Gasteiger partial charge in [-0.25, -0.2) is 18.6 Å². The van der Waals surface area contributed by atoms with Crippen LogP contribution in [-0.2, 0) is 30.5 Å². The summed E-state index contributed by atoms with van der Waals surface area (Å²) in [5.74, 6) is -5.83. The number of imide groups is 1. The van der Waals surface area contributed by atoms with E-state index < -0.39 is 59.1 Å². The molecule has 4 rings (SSSR count). The highest BCUT2D eigenvalue weighted by molar-refractivity contribution is 6.12. The highest BCUT2D eigenvalue weighted by atomic mass is 19.4. The van der Waals surface area contributed by atoms with Crippen molar-refractivity contribution < 1.29 is 45.9 Å². The minimum atomic E-state index is -5.40. The minimum absolute atomic E-state index is 0.00908. The molecule has 15 heteroatoms. The van der Waals surface area contributed by atoms with E-state index in [1.165, 1.54) is 11.1 Å². The van der Waals surface area contributed by atoms with Crippen molar-refractivity contribution in [2.24, 2.45) is 11.1 Å². The third-order valence-electron chi connectivity index (χ3n) is 8.23. The maximum atomic E-state index is 15.0. The number of nitrogens with zero attached hydrogens (tertiary/aromatic N) is 4. The van der Waals surface area contributed by atoms with Crippen LogP contribution in [-0.4, -0.2) is 75.0 Å².